The van der Waals surface area contributed by atoms with Gasteiger partial charge in [0.25, 0.3) is 0 Å². The first-order chi connectivity index (χ1) is 9.63. The van der Waals surface area contributed by atoms with E-state index in [1.54, 1.807) is 23.5 Å². The number of thiophene rings is 1. The topological polar surface area (TPSA) is 64.3 Å². The molecule has 0 amide bonds. The van der Waals surface area contributed by atoms with Gasteiger partial charge in [-0.05, 0) is 36.8 Å². The fourth-order valence-electron chi connectivity index (χ4n) is 1.85. The van der Waals surface area contributed by atoms with Crippen molar-refractivity contribution in [3.05, 3.63) is 45.6 Å². The summed E-state index contributed by atoms with van der Waals surface area (Å²) >= 11 is 1.79. The minimum atomic E-state index is -0.421. The van der Waals surface area contributed by atoms with E-state index in [1.165, 1.54) is 16.9 Å². The van der Waals surface area contributed by atoms with Crippen molar-refractivity contribution >= 4 is 28.7 Å². The highest BCUT2D eigenvalue weighted by Gasteiger charge is 2.10. The molecule has 3 N–H and O–H groups in total. The second kappa shape index (κ2) is 6.43. The van der Waals surface area contributed by atoms with Crippen molar-refractivity contribution in [2.45, 2.75) is 19.9 Å². The number of nitrogens with two attached hydrogens (primary N) is 1. The minimum Gasteiger partial charge on any atom is -0.465 e. The summed E-state index contributed by atoms with van der Waals surface area (Å²) in [7, 11) is 1.35. The second-order valence-electron chi connectivity index (χ2n) is 4.37. The van der Waals surface area contributed by atoms with Crippen LogP contribution in [0.25, 0.3) is 0 Å². The molecule has 2 aromatic rings. The van der Waals surface area contributed by atoms with Gasteiger partial charge in [0, 0.05) is 27.7 Å². The molecule has 0 aliphatic heterocycles. The normalized spacial score (nSPS) is 10.3. The fourth-order valence-corrected chi connectivity index (χ4v) is 2.75. The minimum absolute atomic E-state index is 0.387. The number of hydrogen-bond acceptors (Lipinski definition) is 5. The van der Waals surface area contributed by atoms with Gasteiger partial charge in [-0.25, -0.2) is 4.79 Å². The maximum atomic E-state index is 11.6. The van der Waals surface area contributed by atoms with Crippen molar-refractivity contribution in [2.75, 3.05) is 18.2 Å². The number of methoxy groups -OCH3 is 1. The van der Waals surface area contributed by atoms with Crippen LogP contribution in [0.15, 0.2) is 30.3 Å². The number of benzene rings is 1. The highest BCUT2D eigenvalue weighted by molar-refractivity contribution is 7.12. The maximum Gasteiger partial charge on any atom is 0.340 e. The van der Waals surface area contributed by atoms with Gasteiger partial charge >= 0.3 is 5.97 Å². The average molecular weight is 290 g/mol. The van der Waals surface area contributed by atoms with Gasteiger partial charge in [0.05, 0.1) is 12.7 Å². The third-order valence-corrected chi connectivity index (χ3v) is 4.22. The standard InChI is InChI=1S/C15H18N2O2S/c1-3-11-5-6-12(20-11)9-17-10-4-7-14(16)13(8-10)15(18)19-2/h4-8,17H,3,9,16H2,1-2H3. The number of nitrogens with one attached hydrogen (secondary N) is 1. The molecule has 0 radical (unpaired) electrons. The largest absolute Gasteiger partial charge is 0.465 e. The van der Waals surface area contributed by atoms with E-state index < -0.39 is 5.97 Å². The first-order valence-electron chi connectivity index (χ1n) is 6.43. The summed E-state index contributed by atoms with van der Waals surface area (Å²) in [6, 6.07) is 9.55. The number of ether oxygens (including phenoxy) is 1. The van der Waals surface area contributed by atoms with Crippen LogP contribution in [0.1, 0.15) is 27.0 Å². The zero-order valence-electron chi connectivity index (χ0n) is 11.6. The van der Waals surface area contributed by atoms with Crippen molar-refractivity contribution in [2.24, 2.45) is 0 Å². The van der Waals surface area contributed by atoms with E-state index >= 15 is 0 Å². The fraction of sp³-hybridized carbons (Fsp3) is 0.267. The number of hydrogen-bond donors (Lipinski definition) is 2. The van der Waals surface area contributed by atoms with Crippen molar-refractivity contribution in [3.63, 3.8) is 0 Å². The number of carbonyl (C=O) groups is 1. The molecule has 0 aliphatic rings. The van der Waals surface area contributed by atoms with Crippen LogP contribution < -0.4 is 11.1 Å². The Labute approximate surface area is 122 Å². The van der Waals surface area contributed by atoms with Crippen LogP contribution in [0.2, 0.25) is 0 Å². The third-order valence-electron chi connectivity index (χ3n) is 2.99. The molecule has 20 heavy (non-hydrogen) atoms. The van der Waals surface area contributed by atoms with Gasteiger partial charge < -0.3 is 15.8 Å². The van der Waals surface area contributed by atoms with Crippen molar-refractivity contribution in [1.82, 2.24) is 0 Å². The molecule has 2 rings (SSSR count). The Morgan fingerprint density at radius 3 is 2.70 bits per heavy atom. The van der Waals surface area contributed by atoms with E-state index in [9.17, 15) is 4.79 Å². The maximum absolute atomic E-state index is 11.6. The molecule has 1 aromatic heterocycles. The number of nitrogen functional groups attached to an aromatic ring is 1. The smallest absolute Gasteiger partial charge is 0.340 e. The Morgan fingerprint density at radius 2 is 2.05 bits per heavy atom. The lowest BCUT2D eigenvalue weighted by atomic mass is 10.1. The molecule has 5 heteroatoms. The van der Waals surface area contributed by atoms with Crippen LogP contribution >= 0.6 is 11.3 Å². The molecule has 106 valence electrons. The lowest BCUT2D eigenvalue weighted by Crippen LogP contribution is -2.07. The van der Waals surface area contributed by atoms with E-state index in [4.69, 9.17) is 10.5 Å². The number of carbonyl (C=O) groups excluding carboxylic acids is 1. The highest BCUT2D eigenvalue weighted by atomic mass is 32.1. The van der Waals surface area contributed by atoms with Gasteiger partial charge in [0.1, 0.15) is 0 Å². The predicted molar refractivity (Wildman–Crippen MR) is 83.2 cm³/mol. The van der Waals surface area contributed by atoms with Crippen LogP contribution in [0, 0.1) is 0 Å². The van der Waals surface area contributed by atoms with Crippen LogP contribution in [-0.4, -0.2) is 13.1 Å². The Balaban J connectivity index is 2.08. The SMILES string of the molecule is CCc1ccc(CNc2ccc(N)c(C(=O)OC)c2)s1. The third kappa shape index (κ3) is 3.30. The summed E-state index contributed by atoms with van der Waals surface area (Å²) < 4.78 is 4.71. The first kappa shape index (κ1) is 14.4. The van der Waals surface area contributed by atoms with Crippen LogP contribution in [0.3, 0.4) is 0 Å². The van der Waals surface area contributed by atoms with Gasteiger partial charge in [0.15, 0.2) is 0 Å². The Hall–Kier alpha value is -2.01. The Kier molecular flexibility index (Phi) is 4.63. The van der Waals surface area contributed by atoms with Crippen LogP contribution in [0.4, 0.5) is 11.4 Å². The summed E-state index contributed by atoms with van der Waals surface area (Å²) in [4.78, 5) is 14.2. The predicted octanol–water partition coefficient (Wildman–Crippen LogP) is 3.29. The first-order valence-corrected chi connectivity index (χ1v) is 7.25. The van der Waals surface area contributed by atoms with Crippen molar-refractivity contribution in [3.8, 4) is 0 Å². The molecule has 4 nitrogen and oxygen atoms in total. The molecular weight excluding hydrogens is 272 g/mol. The van der Waals surface area contributed by atoms with Crippen LogP contribution in [0.5, 0.6) is 0 Å². The average Bonchev–Trinajstić information content (AvgIpc) is 2.93. The molecule has 0 spiro atoms. The van der Waals surface area contributed by atoms with Gasteiger partial charge in [-0.15, -0.1) is 11.3 Å². The summed E-state index contributed by atoms with van der Waals surface area (Å²) in [5, 5.41) is 3.29. The lowest BCUT2D eigenvalue weighted by molar-refractivity contribution is 0.0602. The Morgan fingerprint density at radius 1 is 1.30 bits per heavy atom. The number of esters is 1. The molecule has 0 bridgehead atoms. The zero-order chi connectivity index (χ0) is 14.5. The Bertz CT molecular complexity index is 608. The number of anilines is 2. The van der Waals surface area contributed by atoms with E-state index in [0.717, 1.165) is 18.7 Å². The van der Waals surface area contributed by atoms with E-state index in [-0.39, 0.29) is 0 Å². The van der Waals surface area contributed by atoms with Gasteiger partial charge in [-0.3, -0.25) is 0 Å². The van der Waals surface area contributed by atoms with Crippen molar-refractivity contribution < 1.29 is 9.53 Å². The quantitative estimate of drug-likeness (QED) is 0.655. The summed E-state index contributed by atoms with van der Waals surface area (Å²) in [5.41, 5.74) is 7.43. The van der Waals surface area contributed by atoms with Gasteiger partial charge in [-0.1, -0.05) is 6.92 Å². The van der Waals surface area contributed by atoms with Gasteiger partial charge in [0.2, 0.25) is 0 Å². The molecular formula is C15H18N2O2S. The number of aryl methyl sites for hydroxylation is 1. The zero-order valence-corrected chi connectivity index (χ0v) is 12.4. The van der Waals surface area contributed by atoms with E-state index in [0.29, 0.717) is 11.3 Å². The van der Waals surface area contributed by atoms with Gasteiger partial charge in [-0.2, -0.15) is 0 Å². The van der Waals surface area contributed by atoms with Crippen molar-refractivity contribution in [1.29, 1.82) is 0 Å². The summed E-state index contributed by atoms with van der Waals surface area (Å²) in [5.74, 6) is -0.421. The lowest BCUT2D eigenvalue weighted by Gasteiger charge is -2.09. The van der Waals surface area contributed by atoms with Crippen LogP contribution in [-0.2, 0) is 17.7 Å². The summed E-state index contributed by atoms with van der Waals surface area (Å²) in [6.45, 7) is 2.88. The monoisotopic (exact) mass is 290 g/mol. The van der Waals surface area contributed by atoms with E-state index in [2.05, 4.69) is 24.4 Å². The molecule has 0 aliphatic carbocycles. The molecule has 0 fully saturated rings. The molecule has 1 aromatic carbocycles. The molecule has 0 atom stereocenters. The van der Waals surface area contributed by atoms with E-state index in [1.807, 2.05) is 6.07 Å². The molecule has 0 unspecified atom stereocenters. The number of rotatable bonds is 5. The molecule has 1 heterocycles. The summed E-state index contributed by atoms with van der Waals surface area (Å²) in [6.07, 6.45) is 1.05. The molecule has 0 saturated heterocycles. The highest BCUT2D eigenvalue weighted by Crippen LogP contribution is 2.21. The molecule has 0 saturated carbocycles. The second-order valence-corrected chi connectivity index (χ2v) is 5.62.